The van der Waals surface area contributed by atoms with Gasteiger partial charge in [-0.2, -0.15) is 5.10 Å². The molecule has 1 amide bonds. The molecular formula is C16H15BrN4O5S. The maximum absolute atomic E-state index is 12.1. The monoisotopic (exact) mass is 454 g/mol. The number of carbonyl (C=O) groups is 1. The van der Waals surface area contributed by atoms with Gasteiger partial charge in [0.1, 0.15) is 6.54 Å². The highest BCUT2D eigenvalue weighted by Crippen LogP contribution is 2.21. The van der Waals surface area contributed by atoms with Gasteiger partial charge in [-0.15, -0.1) is 0 Å². The number of rotatable bonds is 7. The summed E-state index contributed by atoms with van der Waals surface area (Å²) in [4.78, 5) is 22.1. The van der Waals surface area contributed by atoms with Gasteiger partial charge < -0.3 is 0 Å². The number of benzene rings is 2. The molecule has 27 heavy (non-hydrogen) atoms. The lowest BCUT2D eigenvalue weighted by molar-refractivity contribution is -0.384. The number of amides is 1. The highest BCUT2D eigenvalue weighted by atomic mass is 79.9. The molecule has 0 bridgehead atoms. The van der Waals surface area contributed by atoms with Gasteiger partial charge in [-0.3, -0.25) is 19.2 Å². The van der Waals surface area contributed by atoms with E-state index in [2.05, 4.69) is 26.5 Å². The number of nitro groups is 1. The summed E-state index contributed by atoms with van der Waals surface area (Å²) in [5, 5.41) is 14.3. The minimum absolute atomic E-state index is 0.0611. The van der Waals surface area contributed by atoms with Gasteiger partial charge in [0.25, 0.3) is 11.6 Å². The summed E-state index contributed by atoms with van der Waals surface area (Å²) in [7, 11) is -3.68. The third-order valence-electron chi connectivity index (χ3n) is 3.29. The quantitative estimate of drug-likeness (QED) is 0.390. The van der Waals surface area contributed by atoms with Crippen LogP contribution < -0.4 is 9.73 Å². The van der Waals surface area contributed by atoms with Crippen LogP contribution in [0.5, 0.6) is 0 Å². The van der Waals surface area contributed by atoms with Crippen molar-refractivity contribution in [1.29, 1.82) is 0 Å². The minimum Gasteiger partial charge on any atom is -0.271 e. The van der Waals surface area contributed by atoms with Crippen LogP contribution in [0.2, 0.25) is 0 Å². The van der Waals surface area contributed by atoms with Crippen molar-refractivity contribution in [3.8, 4) is 0 Å². The molecule has 0 aliphatic heterocycles. The second-order valence-corrected chi connectivity index (χ2v) is 8.21. The van der Waals surface area contributed by atoms with E-state index >= 15 is 0 Å². The second-order valence-electron chi connectivity index (χ2n) is 5.39. The Kier molecular flexibility index (Phi) is 6.64. The molecule has 0 aromatic heterocycles. The molecule has 142 valence electrons. The molecule has 0 radical (unpaired) electrons. The second kappa shape index (κ2) is 8.73. The van der Waals surface area contributed by atoms with Crippen molar-refractivity contribution in [2.75, 3.05) is 17.1 Å². The van der Waals surface area contributed by atoms with Crippen LogP contribution in [0.1, 0.15) is 5.56 Å². The maximum atomic E-state index is 12.1. The average molecular weight is 455 g/mol. The summed E-state index contributed by atoms with van der Waals surface area (Å²) in [5.74, 6) is -0.640. The van der Waals surface area contributed by atoms with Crippen LogP contribution >= 0.6 is 15.9 Å². The Bertz CT molecular complexity index is 977. The predicted octanol–water partition coefficient (Wildman–Crippen LogP) is 2.27. The molecule has 11 heteroatoms. The van der Waals surface area contributed by atoms with Crippen molar-refractivity contribution in [2.45, 2.75) is 0 Å². The molecule has 0 fully saturated rings. The van der Waals surface area contributed by atoms with Crippen LogP contribution in [0.15, 0.2) is 58.1 Å². The molecule has 0 saturated carbocycles. The van der Waals surface area contributed by atoms with E-state index in [0.29, 0.717) is 15.7 Å². The third-order valence-corrected chi connectivity index (χ3v) is 4.92. The van der Waals surface area contributed by atoms with Crippen LogP contribution in [0.4, 0.5) is 11.4 Å². The molecule has 0 aliphatic carbocycles. The average Bonchev–Trinajstić information content (AvgIpc) is 2.59. The summed E-state index contributed by atoms with van der Waals surface area (Å²) in [6.07, 6.45) is 2.30. The number of nitrogens with one attached hydrogen (secondary N) is 1. The van der Waals surface area contributed by atoms with Crippen LogP contribution in [0.25, 0.3) is 0 Å². The number of carbonyl (C=O) groups excluding carboxylic acids is 1. The van der Waals surface area contributed by atoms with Crippen molar-refractivity contribution < 1.29 is 18.1 Å². The first-order valence-corrected chi connectivity index (χ1v) is 10.1. The number of nitro benzene ring substituents is 1. The minimum atomic E-state index is -3.68. The fourth-order valence-electron chi connectivity index (χ4n) is 2.06. The standard InChI is InChI=1S/C16H15BrN4O5S/c1-27(25,26)20(15-4-2-3-13(17)9-15)11-16(22)19-18-10-12-5-7-14(8-6-12)21(23)24/h2-10H,11H2,1H3,(H,19,22)/b18-10-. The first-order chi connectivity index (χ1) is 12.7. The van der Waals surface area contributed by atoms with Gasteiger partial charge in [0.05, 0.1) is 23.1 Å². The van der Waals surface area contributed by atoms with Gasteiger partial charge in [0, 0.05) is 16.6 Å². The summed E-state index contributed by atoms with van der Waals surface area (Å²) < 4.78 is 25.6. The first kappa shape index (κ1) is 20.5. The number of non-ortho nitro benzene ring substituents is 1. The smallest absolute Gasteiger partial charge is 0.269 e. The van der Waals surface area contributed by atoms with Crippen molar-refractivity contribution in [3.63, 3.8) is 0 Å². The Morgan fingerprint density at radius 1 is 1.30 bits per heavy atom. The van der Waals surface area contributed by atoms with Crippen LogP contribution in [-0.4, -0.2) is 38.3 Å². The molecule has 0 heterocycles. The zero-order valence-electron chi connectivity index (χ0n) is 14.1. The van der Waals surface area contributed by atoms with Crippen molar-refractivity contribution in [2.24, 2.45) is 5.10 Å². The van der Waals surface area contributed by atoms with Gasteiger partial charge in [-0.1, -0.05) is 22.0 Å². The molecule has 0 saturated heterocycles. The summed E-state index contributed by atoms with van der Waals surface area (Å²) in [5.41, 5.74) is 3.04. The first-order valence-electron chi connectivity index (χ1n) is 7.46. The Hall–Kier alpha value is -2.79. The van der Waals surface area contributed by atoms with E-state index in [-0.39, 0.29) is 5.69 Å². The number of hydrogen-bond donors (Lipinski definition) is 1. The highest BCUT2D eigenvalue weighted by molar-refractivity contribution is 9.10. The molecule has 9 nitrogen and oxygen atoms in total. The zero-order valence-corrected chi connectivity index (χ0v) is 16.5. The van der Waals surface area contributed by atoms with Crippen LogP contribution in [0.3, 0.4) is 0 Å². The Balaban J connectivity index is 2.04. The van der Waals surface area contributed by atoms with Gasteiger partial charge in [-0.25, -0.2) is 13.8 Å². The third kappa shape index (κ3) is 6.15. The summed E-state index contributed by atoms with van der Waals surface area (Å²) in [6, 6.07) is 12.1. The number of halogens is 1. The van der Waals surface area contributed by atoms with Gasteiger partial charge in [-0.05, 0) is 35.9 Å². The van der Waals surface area contributed by atoms with Crippen molar-refractivity contribution >= 4 is 49.4 Å². The lowest BCUT2D eigenvalue weighted by atomic mass is 10.2. The molecule has 1 N–H and O–H groups in total. The Labute approximate surface area is 164 Å². The molecule has 0 atom stereocenters. The van der Waals surface area contributed by atoms with Crippen LogP contribution in [0, 0.1) is 10.1 Å². The fourth-order valence-corrected chi connectivity index (χ4v) is 3.29. The zero-order chi connectivity index (χ0) is 20.0. The fraction of sp³-hybridized carbons (Fsp3) is 0.125. The van der Waals surface area contributed by atoms with E-state index in [0.717, 1.165) is 10.6 Å². The highest BCUT2D eigenvalue weighted by Gasteiger charge is 2.20. The largest absolute Gasteiger partial charge is 0.271 e. The van der Waals surface area contributed by atoms with Gasteiger partial charge in [0.15, 0.2) is 0 Å². The van der Waals surface area contributed by atoms with Crippen molar-refractivity contribution in [1.82, 2.24) is 5.43 Å². The summed E-state index contributed by atoms with van der Waals surface area (Å²) >= 11 is 3.26. The Morgan fingerprint density at radius 3 is 2.52 bits per heavy atom. The molecule has 0 spiro atoms. The number of sulfonamides is 1. The number of anilines is 1. The van der Waals surface area contributed by atoms with Gasteiger partial charge >= 0.3 is 0 Å². The van der Waals surface area contributed by atoms with E-state index in [1.54, 1.807) is 24.3 Å². The topological polar surface area (TPSA) is 122 Å². The molecule has 0 unspecified atom stereocenters. The predicted molar refractivity (Wildman–Crippen MR) is 105 cm³/mol. The normalized spacial score (nSPS) is 11.3. The van der Waals surface area contributed by atoms with E-state index in [1.807, 2.05) is 0 Å². The molecular weight excluding hydrogens is 440 g/mol. The molecule has 2 rings (SSSR count). The van der Waals surface area contributed by atoms with E-state index in [4.69, 9.17) is 0 Å². The molecule has 0 aliphatic rings. The van der Waals surface area contributed by atoms with E-state index < -0.39 is 27.4 Å². The Morgan fingerprint density at radius 2 is 1.96 bits per heavy atom. The molecule has 2 aromatic carbocycles. The lowest BCUT2D eigenvalue weighted by Gasteiger charge is -2.21. The lowest BCUT2D eigenvalue weighted by Crippen LogP contribution is -2.39. The van der Waals surface area contributed by atoms with E-state index in [1.165, 1.54) is 30.5 Å². The number of hydrazone groups is 1. The maximum Gasteiger partial charge on any atom is 0.269 e. The van der Waals surface area contributed by atoms with Crippen LogP contribution in [-0.2, 0) is 14.8 Å². The molecule has 2 aromatic rings. The van der Waals surface area contributed by atoms with E-state index in [9.17, 15) is 23.3 Å². The summed E-state index contributed by atoms with van der Waals surface area (Å²) in [6.45, 7) is -0.451. The van der Waals surface area contributed by atoms with Gasteiger partial charge in [0.2, 0.25) is 10.0 Å². The SMILES string of the molecule is CS(=O)(=O)N(CC(=O)N/N=C\c1ccc([N+](=O)[O-])cc1)c1cccc(Br)c1. The number of nitrogens with zero attached hydrogens (tertiary/aromatic N) is 3. The number of hydrogen-bond acceptors (Lipinski definition) is 6. The van der Waals surface area contributed by atoms with Crippen molar-refractivity contribution in [3.05, 3.63) is 68.7 Å².